The van der Waals surface area contributed by atoms with Gasteiger partial charge in [0.15, 0.2) is 0 Å². The van der Waals surface area contributed by atoms with E-state index in [9.17, 15) is 9.18 Å². The van der Waals surface area contributed by atoms with E-state index in [1.165, 1.54) is 18.2 Å². The molecule has 108 valence electrons. The SMILES string of the molecule is CN(c1cccc(F)c1)c1cc(Cl)ccc1/C=C/C(=O)O. The Kier molecular flexibility index (Phi) is 4.60. The molecular weight excluding hydrogens is 293 g/mol. The standard InChI is InChI=1S/C16H13ClFNO2/c1-19(14-4-2-3-13(18)10-14)15-9-12(17)7-5-11(15)6-8-16(20)21/h2-10H,1H3,(H,20,21)/b8-6+. The van der Waals surface area contributed by atoms with Gasteiger partial charge in [-0.25, -0.2) is 9.18 Å². The van der Waals surface area contributed by atoms with Gasteiger partial charge in [-0.15, -0.1) is 0 Å². The molecule has 3 nitrogen and oxygen atoms in total. The summed E-state index contributed by atoms with van der Waals surface area (Å²) >= 11 is 6.00. The van der Waals surface area contributed by atoms with Crippen LogP contribution in [0.2, 0.25) is 5.02 Å². The second kappa shape index (κ2) is 6.41. The number of aliphatic carboxylic acids is 1. The lowest BCUT2D eigenvalue weighted by Gasteiger charge is -2.22. The van der Waals surface area contributed by atoms with Gasteiger partial charge >= 0.3 is 5.97 Å². The molecule has 2 aromatic rings. The summed E-state index contributed by atoms with van der Waals surface area (Å²) in [6.45, 7) is 0. The van der Waals surface area contributed by atoms with Gasteiger partial charge in [-0.05, 0) is 42.0 Å². The van der Waals surface area contributed by atoms with Crippen molar-refractivity contribution in [3.63, 3.8) is 0 Å². The molecule has 0 aliphatic rings. The Morgan fingerprint density at radius 3 is 2.71 bits per heavy atom. The number of hydrogen-bond acceptors (Lipinski definition) is 2. The molecule has 5 heteroatoms. The van der Waals surface area contributed by atoms with Gasteiger partial charge in [-0.1, -0.05) is 23.7 Å². The lowest BCUT2D eigenvalue weighted by molar-refractivity contribution is -0.131. The van der Waals surface area contributed by atoms with E-state index in [1.807, 2.05) is 0 Å². The van der Waals surface area contributed by atoms with E-state index in [0.29, 0.717) is 22.0 Å². The maximum absolute atomic E-state index is 13.3. The van der Waals surface area contributed by atoms with Crippen molar-refractivity contribution < 1.29 is 14.3 Å². The third-order valence-corrected chi connectivity index (χ3v) is 3.19. The van der Waals surface area contributed by atoms with Crippen LogP contribution < -0.4 is 4.90 Å². The van der Waals surface area contributed by atoms with Gasteiger partial charge in [0.05, 0.1) is 0 Å². The average molecular weight is 306 g/mol. The summed E-state index contributed by atoms with van der Waals surface area (Å²) in [4.78, 5) is 12.4. The monoisotopic (exact) mass is 305 g/mol. The third kappa shape index (κ3) is 3.83. The molecule has 0 fully saturated rings. The van der Waals surface area contributed by atoms with Gasteiger partial charge in [0.1, 0.15) is 5.82 Å². The molecule has 0 saturated carbocycles. The van der Waals surface area contributed by atoms with E-state index in [1.54, 1.807) is 42.3 Å². The highest BCUT2D eigenvalue weighted by Crippen LogP contribution is 2.30. The van der Waals surface area contributed by atoms with Crippen LogP contribution in [0, 0.1) is 5.82 Å². The number of rotatable bonds is 4. The second-order valence-corrected chi connectivity index (χ2v) is 4.85. The Bertz CT molecular complexity index is 700. The van der Waals surface area contributed by atoms with Crippen molar-refractivity contribution in [3.05, 3.63) is 64.9 Å². The summed E-state index contributed by atoms with van der Waals surface area (Å²) in [5, 5.41) is 9.25. The molecule has 0 aromatic heterocycles. The summed E-state index contributed by atoms with van der Waals surface area (Å²) in [6, 6.07) is 11.2. The lowest BCUT2D eigenvalue weighted by atomic mass is 10.1. The predicted octanol–water partition coefficient (Wildman–Crippen LogP) is 4.34. The van der Waals surface area contributed by atoms with Crippen LogP contribution in [0.1, 0.15) is 5.56 Å². The van der Waals surface area contributed by atoms with Crippen molar-refractivity contribution in [1.29, 1.82) is 0 Å². The first kappa shape index (κ1) is 15.1. The molecule has 2 rings (SSSR count). The maximum Gasteiger partial charge on any atom is 0.328 e. The summed E-state index contributed by atoms with van der Waals surface area (Å²) in [6.07, 6.45) is 2.52. The van der Waals surface area contributed by atoms with Gasteiger partial charge in [0.25, 0.3) is 0 Å². The lowest BCUT2D eigenvalue weighted by Crippen LogP contribution is -2.11. The van der Waals surface area contributed by atoms with E-state index in [2.05, 4.69) is 0 Å². The summed E-state index contributed by atoms with van der Waals surface area (Å²) < 4.78 is 13.3. The van der Waals surface area contributed by atoms with Crippen molar-refractivity contribution >= 4 is 35.0 Å². The Balaban J connectivity index is 2.46. The number of halogens is 2. The molecule has 0 saturated heterocycles. The number of carbonyl (C=O) groups is 1. The van der Waals surface area contributed by atoms with Crippen LogP contribution in [-0.4, -0.2) is 18.1 Å². The van der Waals surface area contributed by atoms with Gasteiger partial charge in [-0.3, -0.25) is 0 Å². The number of carboxylic acids is 1. The van der Waals surface area contributed by atoms with Gasteiger partial charge in [0.2, 0.25) is 0 Å². The molecule has 0 unspecified atom stereocenters. The fraction of sp³-hybridized carbons (Fsp3) is 0.0625. The molecule has 0 spiro atoms. The normalized spacial score (nSPS) is 10.8. The largest absolute Gasteiger partial charge is 0.478 e. The molecule has 0 radical (unpaired) electrons. The first-order valence-electron chi connectivity index (χ1n) is 6.17. The first-order chi connectivity index (χ1) is 9.97. The third-order valence-electron chi connectivity index (χ3n) is 2.95. The highest BCUT2D eigenvalue weighted by atomic mass is 35.5. The Morgan fingerprint density at radius 1 is 1.29 bits per heavy atom. The molecule has 0 amide bonds. The first-order valence-corrected chi connectivity index (χ1v) is 6.55. The minimum atomic E-state index is -1.04. The molecule has 0 heterocycles. The Labute approximate surface area is 126 Å². The van der Waals surface area contributed by atoms with Crippen LogP contribution in [0.15, 0.2) is 48.5 Å². The minimum Gasteiger partial charge on any atom is -0.478 e. The minimum absolute atomic E-state index is 0.344. The summed E-state index contributed by atoms with van der Waals surface area (Å²) in [5.41, 5.74) is 2.00. The topological polar surface area (TPSA) is 40.5 Å². The van der Waals surface area contributed by atoms with Crippen molar-refractivity contribution in [2.24, 2.45) is 0 Å². The molecule has 0 bridgehead atoms. The smallest absolute Gasteiger partial charge is 0.328 e. The molecule has 21 heavy (non-hydrogen) atoms. The zero-order valence-corrected chi connectivity index (χ0v) is 12.0. The molecule has 2 aromatic carbocycles. The fourth-order valence-corrected chi connectivity index (χ4v) is 2.10. The number of nitrogens with zero attached hydrogens (tertiary/aromatic N) is 1. The Morgan fingerprint density at radius 2 is 2.05 bits per heavy atom. The van der Waals surface area contributed by atoms with Crippen molar-refractivity contribution in [3.8, 4) is 0 Å². The fourth-order valence-electron chi connectivity index (χ4n) is 1.93. The number of carboxylic acid groups (broad SMARTS) is 1. The van der Waals surface area contributed by atoms with Gasteiger partial charge in [-0.2, -0.15) is 0 Å². The zero-order chi connectivity index (χ0) is 15.4. The van der Waals surface area contributed by atoms with E-state index < -0.39 is 5.97 Å². The molecule has 0 atom stereocenters. The van der Waals surface area contributed by atoms with E-state index in [4.69, 9.17) is 16.7 Å². The summed E-state index contributed by atoms with van der Waals surface area (Å²) in [5.74, 6) is -1.38. The van der Waals surface area contributed by atoms with E-state index in [-0.39, 0.29) is 5.82 Å². The van der Waals surface area contributed by atoms with Crippen LogP contribution in [0.5, 0.6) is 0 Å². The van der Waals surface area contributed by atoms with Crippen LogP contribution in [0.25, 0.3) is 6.08 Å². The highest BCUT2D eigenvalue weighted by molar-refractivity contribution is 6.31. The number of benzene rings is 2. The van der Waals surface area contributed by atoms with E-state index >= 15 is 0 Å². The number of hydrogen-bond donors (Lipinski definition) is 1. The van der Waals surface area contributed by atoms with Crippen LogP contribution in [0.4, 0.5) is 15.8 Å². The van der Waals surface area contributed by atoms with Crippen LogP contribution in [0.3, 0.4) is 0 Å². The summed E-state index contributed by atoms with van der Waals surface area (Å²) in [7, 11) is 1.76. The van der Waals surface area contributed by atoms with Crippen LogP contribution in [-0.2, 0) is 4.79 Å². The Hall–Kier alpha value is -2.33. The van der Waals surface area contributed by atoms with Crippen LogP contribution >= 0.6 is 11.6 Å². The number of anilines is 2. The van der Waals surface area contributed by atoms with Gasteiger partial charge < -0.3 is 10.0 Å². The van der Waals surface area contributed by atoms with Crippen molar-refractivity contribution in [2.45, 2.75) is 0 Å². The van der Waals surface area contributed by atoms with E-state index in [0.717, 1.165) is 6.08 Å². The zero-order valence-electron chi connectivity index (χ0n) is 11.3. The van der Waals surface area contributed by atoms with Gasteiger partial charge in [0, 0.05) is 29.5 Å². The maximum atomic E-state index is 13.3. The predicted molar refractivity (Wildman–Crippen MR) is 82.6 cm³/mol. The quantitative estimate of drug-likeness (QED) is 0.854. The molecule has 0 aliphatic heterocycles. The average Bonchev–Trinajstić information content (AvgIpc) is 2.45. The molecule has 0 aliphatic carbocycles. The van der Waals surface area contributed by atoms with Crippen molar-refractivity contribution in [2.75, 3.05) is 11.9 Å². The van der Waals surface area contributed by atoms with Crippen molar-refractivity contribution in [1.82, 2.24) is 0 Å². The molecule has 1 N–H and O–H groups in total. The molecular formula is C16H13ClFNO2. The highest BCUT2D eigenvalue weighted by Gasteiger charge is 2.09. The second-order valence-electron chi connectivity index (χ2n) is 4.41.